The van der Waals surface area contributed by atoms with Crippen LogP contribution in [-0.4, -0.2) is 12.6 Å². The molecule has 0 aliphatic heterocycles. The lowest BCUT2D eigenvalue weighted by Gasteiger charge is -2.22. The molecule has 0 unspecified atom stereocenters. The van der Waals surface area contributed by atoms with Crippen molar-refractivity contribution < 1.29 is 9.53 Å². The molecular weight excluding hydrogens is 520 g/mol. The predicted molar refractivity (Wildman–Crippen MR) is 161 cm³/mol. The van der Waals surface area contributed by atoms with Crippen LogP contribution < -0.4 is 0 Å². The summed E-state index contributed by atoms with van der Waals surface area (Å²) in [7, 11) is 0. The highest BCUT2D eigenvalue weighted by molar-refractivity contribution is 9.10. The quantitative estimate of drug-likeness (QED) is 0.0828. The van der Waals surface area contributed by atoms with Crippen LogP contribution in [0.5, 0.6) is 0 Å². The Kier molecular flexibility index (Phi) is 7.09. The molecule has 5 aromatic rings. The van der Waals surface area contributed by atoms with Crippen molar-refractivity contribution in [1.29, 1.82) is 0 Å². The van der Waals surface area contributed by atoms with E-state index in [0.29, 0.717) is 6.61 Å². The molecule has 2 nitrogen and oxygen atoms in total. The van der Waals surface area contributed by atoms with E-state index in [2.05, 4.69) is 110 Å². The van der Waals surface area contributed by atoms with Crippen LogP contribution in [0.25, 0.3) is 43.4 Å². The second-order valence-electron chi connectivity index (χ2n) is 10.9. The minimum absolute atomic E-state index is 0.107. The lowest BCUT2D eigenvalue weighted by atomic mass is 9.82. The van der Waals surface area contributed by atoms with Gasteiger partial charge in [-0.25, -0.2) is 4.79 Å². The zero-order chi connectivity index (χ0) is 26.2. The van der Waals surface area contributed by atoms with Gasteiger partial charge in [0, 0.05) is 10.5 Å². The molecule has 0 atom stereocenters. The number of esters is 1. The van der Waals surface area contributed by atoms with Crippen molar-refractivity contribution in [3.63, 3.8) is 0 Å². The molecule has 0 fully saturated rings. The predicted octanol–water partition coefficient (Wildman–Crippen LogP) is 9.75. The third kappa shape index (κ3) is 5.15. The number of ether oxygens (including phenoxy) is 1. The Bertz CT molecular complexity index is 1570. The van der Waals surface area contributed by atoms with Crippen molar-refractivity contribution in [2.75, 3.05) is 6.61 Å². The monoisotopic (exact) mass is 552 g/mol. The normalized spacial score (nSPS) is 12.0. The molecule has 0 N–H and O–H groups in total. The molecule has 0 radical (unpaired) electrons. The molecule has 5 rings (SSSR count). The third-order valence-corrected chi connectivity index (χ3v) is 7.97. The summed E-state index contributed by atoms with van der Waals surface area (Å²) < 4.78 is 6.19. The van der Waals surface area contributed by atoms with Crippen LogP contribution in [0.1, 0.15) is 51.2 Å². The minimum atomic E-state index is -0.344. The van der Waals surface area contributed by atoms with Gasteiger partial charge in [-0.2, -0.15) is 0 Å². The topological polar surface area (TPSA) is 26.3 Å². The van der Waals surface area contributed by atoms with E-state index in [4.69, 9.17) is 4.74 Å². The maximum atomic E-state index is 11.1. The third-order valence-electron chi connectivity index (χ3n) is 7.32. The average molecular weight is 554 g/mol. The fourth-order valence-corrected chi connectivity index (χ4v) is 5.79. The van der Waals surface area contributed by atoms with Gasteiger partial charge in [-0.05, 0) is 91.7 Å². The van der Waals surface area contributed by atoms with Gasteiger partial charge < -0.3 is 4.74 Å². The van der Waals surface area contributed by atoms with E-state index in [9.17, 15) is 4.79 Å². The summed E-state index contributed by atoms with van der Waals surface area (Å²) in [6.07, 6.45) is 5.22. The molecule has 5 aromatic carbocycles. The molecule has 0 saturated heterocycles. The number of hydrogen-bond acceptors (Lipinski definition) is 2. The molecule has 0 saturated carbocycles. The van der Waals surface area contributed by atoms with Crippen molar-refractivity contribution >= 4 is 54.2 Å². The first-order chi connectivity index (χ1) is 17.8. The summed E-state index contributed by atoms with van der Waals surface area (Å²) in [5.41, 5.74) is 5.29. The van der Waals surface area contributed by atoms with Crippen molar-refractivity contribution in [2.24, 2.45) is 0 Å². The van der Waals surface area contributed by atoms with Gasteiger partial charge in [-0.1, -0.05) is 104 Å². The zero-order valence-corrected chi connectivity index (χ0v) is 23.5. The van der Waals surface area contributed by atoms with Crippen LogP contribution >= 0.6 is 15.9 Å². The molecule has 0 aromatic heterocycles. The fourth-order valence-electron chi connectivity index (χ4n) is 5.23. The Morgan fingerprint density at radius 3 is 2.19 bits per heavy atom. The number of rotatable bonds is 8. The van der Waals surface area contributed by atoms with E-state index in [-0.39, 0.29) is 11.4 Å². The number of unbranched alkanes of at least 4 members (excludes halogenated alkanes) is 2. The van der Waals surface area contributed by atoms with E-state index in [1.54, 1.807) is 0 Å². The van der Waals surface area contributed by atoms with Gasteiger partial charge in [-0.15, -0.1) is 0 Å². The summed E-state index contributed by atoms with van der Waals surface area (Å²) in [4.78, 5) is 11.1. The first-order valence-electron chi connectivity index (χ1n) is 13.1. The van der Waals surface area contributed by atoms with Crippen molar-refractivity contribution in [3.05, 3.63) is 95.0 Å². The highest BCUT2D eigenvalue weighted by Gasteiger charge is 2.19. The standard InChI is InChI=1S/C34H33BrO2/c1-5-31(36)37-18-8-6-7-9-22-10-12-23(13-11-22)29-21-30(35)28-17-15-25-20-26(34(2,3)4)19-24-14-16-27(29)33(28)32(24)25/h5,10-17,19-21H,1,6-9,18H2,2-4H3. The van der Waals surface area contributed by atoms with E-state index in [0.717, 1.165) is 30.2 Å². The van der Waals surface area contributed by atoms with Gasteiger partial charge in [0.05, 0.1) is 6.61 Å². The average Bonchev–Trinajstić information content (AvgIpc) is 2.89. The lowest BCUT2D eigenvalue weighted by molar-refractivity contribution is -0.137. The largest absolute Gasteiger partial charge is 0.463 e. The lowest BCUT2D eigenvalue weighted by Crippen LogP contribution is -2.10. The van der Waals surface area contributed by atoms with E-state index in [1.807, 2.05) is 0 Å². The molecular formula is C34H33BrO2. The maximum Gasteiger partial charge on any atom is 0.330 e. The highest BCUT2D eigenvalue weighted by atomic mass is 79.9. The molecule has 37 heavy (non-hydrogen) atoms. The summed E-state index contributed by atoms with van der Waals surface area (Å²) >= 11 is 3.88. The fraction of sp³-hybridized carbons (Fsp3) is 0.265. The number of carbonyl (C=O) groups excluding carboxylic acids is 1. The van der Waals surface area contributed by atoms with Crippen LogP contribution in [0.15, 0.2) is 83.9 Å². The molecule has 0 bridgehead atoms. The molecule has 3 heteroatoms. The second-order valence-corrected chi connectivity index (χ2v) is 11.8. The first kappa shape index (κ1) is 25.5. The highest BCUT2D eigenvalue weighted by Crippen LogP contribution is 2.43. The van der Waals surface area contributed by atoms with Gasteiger partial charge in [0.15, 0.2) is 0 Å². The van der Waals surface area contributed by atoms with E-state index >= 15 is 0 Å². The summed E-state index contributed by atoms with van der Waals surface area (Å²) in [5, 5.41) is 7.85. The van der Waals surface area contributed by atoms with Crippen LogP contribution in [0.4, 0.5) is 0 Å². The van der Waals surface area contributed by atoms with Gasteiger partial charge in [-0.3, -0.25) is 0 Å². The Morgan fingerprint density at radius 2 is 1.54 bits per heavy atom. The number of carbonyl (C=O) groups is 1. The smallest absolute Gasteiger partial charge is 0.330 e. The number of hydrogen-bond donors (Lipinski definition) is 0. The molecule has 0 aliphatic carbocycles. The Balaban J connectivity index is 1.43. The first-order valence-corrected chi connectivity index (χ1v) is 13.9. The van der Waals surface area contributed by atoms with Gasteiger partial charge in [0.1, 0.15) is 0 Å². The van der Waals surface area contributed by atoms with Crippen LogP contribution in [0.3, 0.4) is 0 Å². The van der Waals surface area contributed by atoms with Crippen molar-refractivity contribution in [3.8, 4) is 11.1 Å². The van der Waals surface area contributed by atoms with Crippen molar-refractivity contribution in [1.82, 2.24) is 0 Å². The van der Waals surface area contributed by atoms with Gasteiger partial charge in [0.25, 0.3) is 0 Å². The summed E-state index contributed by atoms with van der Waals surface area (Å²) in [6, 6.07) is 25.1. The van der Waals surface area contributed by atoms with Crippen LogP contribution in [0, 0.1) is 0 Å². The number of halogens is 1. The van der Waals surface area contributed by atoms with Crippen LogP contribution in [-0.2, 0) is 21.4 Å². The SMILES string of the molecule is C=CC(=O)OCCCCCc1ccc(-c2cc(Br)c3ccc4cc(C(C)(C)C)cc5ccc2c3c45)cc1. The Labute approximate surface area is 227 Å². The number of benzene rings is 5. The summed E-state index contributed by atoms with van der Waals surface area (Å²) in [6.45, 7) is 10.7. The van der Waals surface area contributed by atoms with Gasteiger partial charge in [0.2, 0.25) is 0 Å². The molecule has 0 heterocycles. The van der Waals surface area contributed by atoms with Crippen molar-refractivity contribution in [2.45, 2.75) is 51.9 Å². The second kappa shape index (κ2) is 10.3. The summed E-state index contributed by atoms with van der Waals surface area (Å²) in [5.74, 6) is -0.344. The minimum Gasteiger partial charge on any atom is -0.463 e. The molecule has 0 spiro atoms. The molecule has 188 valence electrons. The molecule has 0 aliphatic rings. The number of aryl methyl sites for hydroxylation is 1. The van der Waals surface area contributed by atoms with Crippen LogP contribution in [0.2, 0.25) is 0 Å². The Morgan fingerprint density at radius 1 is 0.865 bits per heavy atom. The Hall–Kier alpha value is -3.17. The van der Waals surface area contributed by atoms with E-state index < -0.39 is 0 Å². The van der Waals surface area contributed by atoms with Gasteiger partial charge >= 0.3 is 5.97 Å². The zero-order valence-electron chi connectivity index (χ0n) is 21.9. The maximum absolute atomic E-state index is 11.1. The van der Waals surface area contributed by atoms with E-state index in [1.165, 1.54) is 60.6 Å². The molecule has 0 amide bonds.